The van der Waals surface area contributed by atoms with E-state index in [0.29, 0.717) is 18.1 Å². The first kappa shape index (κ1) is 14.5. The topological polar surface area (TPSA) is 0 Å². The highest BCUT2D eigenvalue weighted by Crippen LogP contribution is 2.40. The second kappa shape index (κ2) is 5.23. The van der Waals surface area contributed by atoms with E-state index in [1.807, 2.05) is 0 Å². The van der Waals surface area contributed by atoms with Crippen LogP contribution in [0.3, 0.4) is 0 Å². The molecule has 2 aromatic rings. The second-order valence-corrected chi connectivity index (χ2v) is 4.32. The second-order valence-electron chi connectivity index (χ2n) is 4.32. The summed E-state index contributed by atoms with van der Waals surface area (Å²) in [5, 5.41) is 0. The number of halogens is 5. The molecular weight excluding hydrogens is 275 g/mol. The van der Waals surface area contributed by atoms with Crippen molar-refractivity contribution in [3.63, 3.8) is 0 Å². The zero-order chi connectivity index (χ0) is 14.9. The Hall–Kier alpha value is -1.91. The third kappa shape index (κ3) is 2.66. The van der Waals surface area contributed by atoms with Crippen molar-refractivity contribution in [2.45, 2.75) is 19.5 Å². The maximum atomic E-state index is 13.8. The summed E-state index contributed by atoms with van der Waals surface area (Å²) in [6.45, 7) is 1.68. The number of aryl methyl sites for hydroxylation is 1. The third-order valence-corrected chi connectivity index (χ3v) is 3.04. The zero-order valence-electron chi connectivity index (χ0n) is 10.6. The standard InChI is InChI=1S/C15H11F5/c1-2-9-4-3-5-12(15(18,19)20)14(9)11-7-6-10(16)8-13(11)17/h3-8H,2H2,1H3. The average molecular weight is 286 g/mol. The first-order valence-corrected chi connectivity index (χ1v) is 5.99. The van der Waals surface area contributed by atoms with Crippen LogP contribution in [-0.4, -0.2) is 0 Å². The molecule has 0 spiro atoms. The van der Waals surface area contributed by atoms with Gasteiger partial charge in [-0.15, -0.1) is 0 Å². The summed E-state index contributed by atoms with van der Waals surface area (Å²) in [4.78, 5) is 0. The number of alkyl halides is 3. The van der Waals surface area contributed by atoms with Crippen LogP contribution < -0.4 is 0 Å². The lowest BCUT2D eigenvalue weighted by molar-refractivity contribution is -0.137. The van der Waals surface area contributed by atoms with Gasteiger partial charge < -0.3 is 0 Å². The summed E-state index contributed by atoms with van der Waals surface area (Å²) in [6, 6.07) is 6.26. The van der Waals surface area contributed by atoms with Crippen LogP contribution in [0.2, 0.25) is 0 Å². The van der Waals surface area contributed by atoms with E-state index in [4.69, 9.17) is 0 Å². The van der Waals surface area contributed by atoms with E-state index in [0.717, 1.165) is 18.2 Å². The molecule has 2 rings (SSSR count). The number of benzene rings is 2. The van der Waals surface area contributed by atoms with Crippen LogP contribution in [0.15, 0.2) is 36.4 Å². The summed E-state index contributed by atoms with van der Waals surface area (Å²) in [5.74, 6) is -1.83. The Morgan fingerprint density at radius 1 is 1.00 bits per heavy atom. The maximum absolute atomic E-state index is 13.8. The van der Waals surface area contributed by atoms with Crippen molar-refractivity contribution in [3.8, 4) is 11.1 Å². The van der Waals surface area contributed by atoms with Crippen molar-refractivity contribution < 1.29 is 22.0 Å². The van der Waals surface area contributed by atoms with Gasteiger partial charge in [-0.1, -0.05) is 19.1 Å². The van der Waals surface area contributed by atoms with Gasteiger partial charge in [-0.3, -0.25) is 0 Å². The fourth-order valence-corrected chi connectivity index (χ4v) is 2.14. The van der Waals surface area contributed by atoms with Crippen LogP contribution in [0, 0.1) is 11.6 Å². The van der Waals surface area contributed by atoms with Crippen molar-refractivity contribution in [1.82, 2.24) is 0 Å². The first-order valence-electron chi connectivity index (χ1n) is 5.99. The molecule has 0 amide bonds. The Bertz CT molecular complexity index is 629. The Morgan fingerprint density at radius 2 is 1.70 bits per heavy atom. The van der Waals surface area contributed by atoms with Crippen molar-refractivity contribution in [3.05, 3.63) is 59.2 Å². The lowest BCUT2D eigenvalue weighted by Gasteiger charge is -2.17. The number of rotatable bonds is 2. The SMILES string of the molecule is CCc1cccc(C(F)(F)F)c1-c1ccc(F)cc1F. The molecule has 0 bridgehead atoms. The van der Waals surface area contributed by atoms with Gasteiger partial charge >= 0.3 is 6.18 Å². The molecule has 0 saturated heterocycles. The molecule has 0 aromatic heterocycles. The molecule has 0 nitrogen and oxygen atoms in total. The van der Waals surface area contributed by atoms with Gasteiger partial charge in [-0.05, 0) is 35.7 Å². The van der Waals surface area contributed by atoms with Crippen molar-refractivity contribution >= 4 is 0 Å². The third-order valence-electron chi connectivity index (χ3n) is 3.04. The van der Waals surface area contributed by atoms with Crippen LogP contribution in [0.5, 0.6) is 0 Å². The molecule has 0 N–H and O–H groups in total. The molecule has 2 aromatic carbocycles. The van der Waals surface area contributed by atoms with Crippen molar-refractivity contribution in [2.24, 2.45) is 0 Å². The minimum absolute atomic E-state index is 0.222. The van der Waals surface area contributed by atoms with Crippen molar-refractivity contribution in [2.75, 3.05) is 0 Å². The average Bonchev–Trinajstić information content (AvgIpc) is 2.37. The molecule has 0 atom stereocenters. The van der Waals surface area contributed by atoms with Gasteiger partial charge in [-0.2, -0.15) is 13.2 Å². The molecule has 0 radical (unpaired) electrons. The summed E-state index contributed by atoms with van der Waals surface area (Å²) >= 11 is 0. The molecule has 0 saturated carbocycles. The van der Waals surface area contributed by atoms with Crippen LogP contribution in [-0.2, 0) is 12.6 Å². The van der Waals surface area contributed by atoms with E-state index in [9.17, 15) is 22.0 Å². The number of hydrogen-bond acceptors (Lipinski definition) is 0. The Balaban J connectivity index is 2.77. The molecule has 0 aliphatic carbocycles. The molecule has 5 heteroatoms. The predicted molar refractivity (Wildman–Crippen MR) is 66.2 cm³/mol. The van der Waals surface area contributed by atoms with Gasteiger partial charge in [0.15, 0.2) is 0 Å². The predicted octanol–water partition coefficient (Wildman–Crippen LogP) is 5.21. The van der Waals surface area contributed by atoms with E-state index in [1.165, 1.54) is 12.1 Å². The molecule has 0 aliphatic heterocycles. The van der Waals surface area contributed by atoms with Gasteiger partial charge in [0.1, 0.15) is 11.6 Å². The Kier molecular flexibility index (Phi) is 3.79. The van der Waals surface area contributed by atoms with Crippen LogP contribution in [0.4, 0.5) is 22.0 Å². The molecule has 0 heterocycles. The van der Waals surface area contributed by atoms with Gasteiger partial charge in [0, 0.05) is 11.6 Å². The molecule has 0 aliphatic rings. The lowest BCUT2D eigenvalue weighted by atomic mass is 9.92. The number of hydrogen-bond donors (Lipinski definition) is 0. The van der Waals surface area contributed by atoms with Gasteiger partial charge in [0.2, 0.25) is 0 Å². The molecule has 0 unspecified atom stereocenters. The van der Waals surface area contributed by atoms with E-state index < -0.39 is 23.4 Å². The minimum atomic E-state index is -4.60. The summed E-state index contributed by atoms with van der Waals surface area (Å²) in [7, 11) is 0. The van der Waals surface area contributed by atoms with Crippen molar-refractivity contribution in [1.29, 1.82) is 0 Å². The first-order chi connectivity index (χ1) is 9.34. The van der Waals surface area contributed by atoms with E-state index in [-0.39, 0.29) is 11.1 Å². The highest BCUT2D eigenvalue weighted by atomic mass is 19.4. The van der Waals surface area contributed by atoms with E-state index >= 15 is 0 Å². The lowest BCUT2D eigenvalue weighted by Crippen LogP contribution is -2.09. The van der Waals surface area contributed by atoms with E-state index in [1.54, 1.807) is 6.92 Å². The fraction of sp³-hybridized carbons (Fsp3) is 0.200. The fourth-order valence-electron chi connectivity index (χ4n) is 2.14. The van der Waals surface area contributed by atoms with Crippen LogP contribution in [0.25, 0.3) is 11.1 Å². The summed E-state index contributed by atoms with van der Waals surface area (Å²) < 4.78 is 65.9. The molecule has 106 valence electrons. The molecule has 20 heavy (non-hydrogen) atoms. The largest absolute Gasteiger partial charge is 0.417 e. The smallest absolute Gasteiger partial charge is 0.207 e. The monoisotopic (exact) mass is 286 g/mol. The normalized spacial score (nSPS) is 11.7. The maximum Gasteiger partial charge on any atom is 0.417 e. The Labute approximate surface area is 112 Å². The van der Waals surface area contributed by atoms with E-state index in [2.05, 4.69) is 0 Å². The molecular formula is C15H11F5. The van der Waals surface area contributed by atoms with Crippen LogP contribution in [0.1, 0.15) is 18.1 Å². The van der Waals surface area contributed by atoms with Gasteiger partial charge in [0.25, 0.3) is 0 Å². The summed E-state index contributed by atoms with van der Waals surface area (Å²) in [6.07, 6.45) is -4.28. The molecule has 0 fully saturated rings. The quantitative estimate of drug-likeness (QED) is 0.664. The van der Waals surface area contributed by atoms with Gasteiger partial charge in [0.05, 0.1) is 5.56 Å². The zero-order valence-corrected chi connectivity index (χ0v) is 10.6. The highest BCUT2D eigenvalue weighted by molar-refractivity contribution is 5.72. The van der Waals surface area contributed by atoms with Crippen LogP contribution >= 0.6 is 0 Å². The summed E-state index contributed by atoms with van der Waals surface area (Å²) in [5.41, 5.74) is -1.01. The van der Waals surface area contributed by atoms with Gasteiger partial charge in [-0.25, -0.2) is 8.78 Å². The highest BCUT2D eigenvalue weighted by Gasteiger charge is 2.35. The minimum Gasteiger partial charge on any atom is -0.207 e. The Morgan fingerprint density at radius 3 is 2.25 bits per heavy atom.